The second kappa shape index (κ2) is 11.6. The van der Waals surface area contributed by atoms with E-state index in [0.717, 1.165) is 46.2 Å². The molecule has 0 bridgehead atoms. The zero-order chi connectivity index (χ0) is 29.1. The number of rotatable bonds is 6. The summed E-state index contributed by atoms with van der Waals surface area (Å²) in [6.07, 6.45) is 0. The van der Waals surface area contributed by atoms with Gasteiger partial charge >= 0.3 is 6.03 Å². The number of hydrogen-bond donors (Lipinski definition) is 3. The Labute approximate surface area is 241 Å². The molecule has 4 aromatic rings. The topological polar surface area (TPSA) is 82.7 Å². The molecule has 1 atom stereocenters. The number of urea groups is 1. The summed E-state index contributed by atoms with van der Waals surface area (Å²) in [5, 5.41) is 10.9. The van der Waals surface area contributed by atoms with Crippen LogP contribution in [0.5, 0.6) is 5.75 Å². The lowest BCUT2D eigenvalue weighted by atomic mass is 9.87. The van der Waals surface area contributed by atoms with Crippen LogP contribution in [-0.4, -0.2) is 43.1 Å². The van der Waals surface area contributed by atoms with Crippen molar-refractivity contribution in [2.75, 3.05) is 30.8 Å². The van der Waals surface area contributed by atoms with Gasteiger partial charge in [-0.15, -0.1) is 0 Å². The molecule has 212 valence electrons. The molecule has 1 aliphatic heterocycles. The third kappa shape index (κ3) is 6.20. The van der Waals surface area contributed by atoms with Gasteiger partial charge in [0, 0.05) is 25.0 Å². The monoisotopic (exact) mass is 550 g/mol. The molecule has 4 aromatic carbocycles. The van der Waals surface area contributed by atoms with Crippen LogP contribution in [0.15, 0.2) is 78.9 Å². The van der Waals surface area contributed by atoms with Gasteiger partial charge in [0.05, 0.1) is 24.5 Å². The third-order valence-corrected chi connectivity index (χ3v) is 7.76. The highest BCUT2D eigenvalue weighted by Gasteiger charge is 2.25. The highest BCUT2D eigenvalue weighted by atomic mass is 16.5. The molecule has 41 heavy (non-hydrogen) atoms. The van der Waals surface area contributed by atoms with Crippen molar-refractivity contribution >= 4 is 34.1 Å². The number of methoxy groups -OCH3 is 1. The highest BCUT2D eigenvalue weighted by Crippen LogP contribution is 2.35. The Balaban J connectivity index is 1.36. The number of hydrogen-bond acceptors (Lipinski definition) is 4. The maximum Gasteiger partial charge on any atom is 0.323 e. The molecule has 0 aliphatic carbocycles. The number of fused-ring (bicyclic) bond motifs is 1. The summed E-state index contributed by atoms with van der Waals surface area (Å²) in [6.45, 7) is 10.6. The Morgan fingerprint density at radius 1 is 0.951 bits per heavy atom. The van der Waals surface area contributed by atoms with Gasteiger partial charge in [-0.1, -0.05) is 81.4 Å². The average Bonchev–Trinajstić information content (AvgIpc) is 2.95. The molecule has 3 amide bonds. The molecule has 0 spiro atoms. The first-order valence-electron chi connectivity index (χ1n) is 14.0. The maximum absolute atomic E-state index is 13.1. The van der Waals surface area contributed by atoms with Crippen LogP contribution in [0.4, 0.5) is 16.2 Å². The smallest absolute Gasteiger partial charge is 0.323 e. The summed E-state index contributed by atoms with van der Waals surface area (Å²) in [5.41, 5.74) is 5.73. The second-order valence-electron chi connectivity index (χ2n) is 11.6. The van der Waals surface area contributed by atoms with Crippen LogP contribution in [0.3, 0.4) is 0 Å². The van der Waals surface area contributed by atoms with Gasteiger partial charge in [-0.3, -0.25) is 9.69 Å². The predicted molar refractivity (Wildman–Crippen MR) is 167 cm³/mol. The van der Waals surface area contributed by atoms with Crippen LogP contribution in [0.2, 0.25) is 0 Å². The van der Waals surface area contributed by atoms with E-state index in [-0.39, 0.29) is 23.4 Å². The fraction of sp³-hybridized carbons (Fsp3) is 0.294. The molecule has 0 saturated carbocycles. The van der Waals surface area contributed by atoms with Crippen LogP contribution in [-0.2, 0) is 16.8 Å². The minimum Gasteiger partial charge on any atom is -0.495 e. The third-order valence-electron chi connectivity index (χ3n) is 7.76. The summed E-state index contributed by atoms with van der Waals surface area (Å²) in [4.78, 5) is 27.4. The number of amides is 3. The number of benzene rings is 4. The maximum atomic E-state index is 13.1. The number of piperazine rings is 1. The van der Waals surface area contributed by atoms with Crippen LogP contribution in [0.1, 0.15) is 38.8 Å². The quantitative estimate of drug-likeness (QED) is 0.247. The molecule has 5 rings (SSSR count). The summed E-state index contributed by atoms with van der Waals surface area (Å²) in [7, 11) is 1.60. The van der Waals surface area contributed by atoms with Gasteiger partial charge in [0.1, 0.15) is 5.75 Å². The van der Waals surface area contributed by atoms with Crippen molar-refractivity contribution in [2.24, 2.45) is 0 Å². The minimum absolute atomic E-state index is 0.0636. The van der Waals surface area contributed by atoms with Crippen molar-refractivity contribution in [3.8, 4) is 16.9 Å². The summed E-state index contributed by atoms with van der Waals surface area (Å²) in [6, 6.07) is 26.0. The van der Waals surface area contributed by atoms with Gasteiger partial charge in [-0.2, -0.15) is 0 Å². The lowest BCUT2D eigenvalue weighted by Gasteiger charge is -2.32. The van der Waals surface area contributed by atoms with Crippen LogP contribution in [0, 0.1) is 0 Å². The summed E-state index contributed by atoms with van der Waals surface area (Å²) < 4.78 is 5.50. The molecule has 1 fully saturated rings. The minimum atomic E-state index is -0.336. The molecule has 1 saturated heterocycles. The molecule has 0 radical (unpaired) electrons. The SMILES string of the molecule is COc1ccc(C(C)(C)C)cc1NC(=O)Nc1ccc(-c2ccc(CN3CCNC(=O)C3C)cc2)c2ccccc12. The van der Waals surface area contributed by atoms with Gasteiger partial charge in [-0.05, 0) is 58.2 Å². The van der Waals surface area contributed by atoms with Gasteiger partial charge in [0.2, 0.25) is 5.91 Å². The predicted octanol–water partition coefficient (Wildman–Crippen LogP) is 6.78. The van der Waals surface area contributed by atoms with E-state index in [1.165, 1.54) is 5.56 Å². The lowest BCUT2D eigenvalue weighted by molar-refractivity contribution is -0.128. The molecule has 1 heterocycles. The van der Waals surface area contributed by atoms with Gasteiger partial charge < -0.3 is 20.7 Å². The Kier molecular flexibility index (Phi) is 7.99. The molecular weight excluding hydrogens is 512 g/mol. The summed E-state index contributed by atoms with van der Waals surface area (Å²) in [5.74, 6) is 0.689. The first-order chi connectivity index (χ1) is 19.6. The standard InChI is InChI=1S/C34H38N4O3/c1-22-32(39)35-18-19-38(22)21-23-10-12-24(13-11-23)26-15-16-29(28-9-7-6-8-27(26)28)36-33(40)37-30-20-25(34(2,3)4)14-17-31(30)41-5/h6-17,20,22H,18-19,21H2,1-5H3,(H,35,39)(H2,36,37,40). The number of nitrogens with zero attached hydrogens (tertiary/aromatic N) is 1. The van der Waals surface area contributed by atoms with Crippen molar-refractivity contribution in [2.45, 2.75) is 45.7 Å². The van der Waals surface area contributed by atoms with E-state index in [0.29, 0.717) is 18.0 Å². The van der Waals surface area contributed by atoms with Crippen molar-refractivity contribution in [3.63, 3.8) is 0 Å². The van der Waals surface area contributed by atoms with E-state index in [4.69, 9.17) is 4.74 Å². The molecule has 7 nitrogen and oxygen atoms in total. The van der Waals surface area contributed by atoms with E-state index in [2.05, 4.69) is 72.0 Å². The molecule has 7 heteroatoms. The largest absolute Gasteiger partial charge is 0.495 e. The zero-order valence-corrected chi connectivity index (χ0v) is 24.4. The number of anilines is 2. The van der Waals surface area contributed by atoms with Gasteiger partial charge in [-0.25, -0.2) is 4.79 Å². The molecule has 1 aliphatic rings. The van der Waals surface area contributed by atoms with E-state index in [1.807, 2.05) is 55.5 Å². The molecular formula is C34H38N4O3. The van der Waals surface area contributed by atoms with Crippen molar-refractivity contribution in [3.05, 3.63) is 90.0 Å². The Hall–Kier alpha value is -4.36. The van der Waals surface area contributed by atoms with E-state index in [9.17, 15) is 9.59 Å². The summed E-state index contributed by atoms with van der Waals surface area (Å²) >= 11 is 0. The van der Waals surface area contributed by atoms with Crippen molar-refractivity contribution < 1.29 is 14.3 Å². The highest BCUT2D eigenvalue weighted by molar-refractivity contribution is 6.10. The number of nitrogens with one attached hydrogen (secondary N) is 3. The van der Waals surface area contributed by atoms with Gasteiger partial charge in [0.15, 0.2) is 0 Å². The number of ether oxygens (including phenoxy) is 1. The fourth-order valence-corrected chi connectivity index (χ4v) is 5.28. The second-order valence-corrected chi connectivity index (χ2v) is 11.6. The molecule has 1 unspecified atom stereocenters. The normalized spacial score (nSPS) is 15.8. The number of carbonyl (C=O) groups excluding carboxylic acids is 2. The first kappa shape index (κ1) is 28.2. The van der Waals surface area contributed by atoms with E-state index >= 15 is 0 Å². The number of carbonyl (C=O) groups is 2. The Bertz CT molecular complexity index is 1570. The van der Waals surface area contributed by atoms with Crippen LogP contribution in [0.25, 0.3) is 21.9 Å². The molecule has 0 aromatic heterocycles. The Morgan fingerprint density at radius 2 is 1.66 bits per heavy atom. The average molecular weight is 551 g/mol. The first-order valence-corrected chi connectivity index (χ1v) is 14.0. The Morgan fingerprint density at radius 3 is 2.37 bits per heavy atom. The van der Waals surface area contributed by atoms with E-state index < -0.39 is 0 Å². The van der Waals surface area contributed by atoms with E-state index in [1.54, 1.807) is 7.11 Å². The van der Waals surface area contributed by atoms with Crippen LogP contribution < -0.4 is 20.7 Å². The van der Waals surface area contributed by atoms with Gasteiger partial charge in [0.25, 0.3) is 0 Å². The zero-order valence-electron chi connectivity index (χ0n) is 24.4. The van der Waals surface area contributed by atoms with Crippen LogP contribution >= 0.6 is 0 Å². The van der Waals surface area contributed by atoms with Crippen molar-refractivity contribution in [1.29, 1.82) is 0 Å². The lowest BCUT2D eigenvalue weighted by Crippen LogP contribution is -2.53. The fourth-order valence-electron chi connectivity index (χ4n) is 5.28. The van der Waals surface area contributed by atoms with Crippen molar-refractivity contribution in [1.82, 2.24) is 10.2 Å². The molecule has 3 N–H and O–H groups in total.